The lowest BCUT2D eigenvalue weighted by atomic mass is 10.1. The molecule has 0 aliphatic heterocycles. The van der Waals surface area contributed by atoms with Crippen molar-refractivity contribution in [3.8, 4) is 11.5 Å². The molecule has 0 atom stereocenters. The van der Waals surface area contributed by atoms with Crippen LogP contribution < -0.4 is 10.5 Å². The molecule has 0 heterocycles. The predicted octanol–water partition coefficient (Wildman–Crippen LogP) is 3.15. The summed E-state index contributed by atoms with van der Waals surface area (Å²) in [4.78, 5) is 10.2. The minimum Gasteiger partial charge on any atom is -0.457 e. The van der Waals surface area contributed by atoms with Crippen LogP contribution in [0.3, 0.4) is 0 Å². The van der Waals surface area contributed by atoms with Gasteiger partial charge in [-0.2, -0.15) is 0 Å². The minimum absolute atomic E-state index is 0.00808. The van der Waals surface area contributed by atoms with E-state index >= 15 is 0 Å². The number of ether oxygens (including phenoxy) is 1. The van der Waals surface area contributed by atoms with Crippen LogP contribution in [0.15, 0.2) is 42.5 Å². The molecule has 0 unspecified atom stereocenters. The fourth-order valence-corrected chi connectivity index (χ4v) is 1.74. The fraction of sp³-hybridized carbons (Fsp3) is 0.143. The van der Waals surface area contributed by atoms with Crippen molar-refractivity contribution < 1.29 is 9.66 Å². The van der Waals surface area contributed by atoms with Crippen molar-refractivity contribution in [1.82, 2.24) is 0 Å². The summed E-state index contributed by atoms with van der Waals surface area (Å²) in [6.07, 6.45) is 0. The Morgan fingerprint density at radius 2 is 2.05 bits per heavy atom. The van der Waals surface area contributed by atoms with Gasteiger partial charge in [0.15, 0.2) is 0 Å². The van der Waals surface area contributed by atoms with E-state index in [1.807, 2.05) is 25.1 Å². The van der Waals surface area contributed by atoms with Crippen molar-refractivity contribution in [2.24, 2.45) is 5.73 Å². The van der Waals surface area contributed by atoms with E-state index in [-0.39, 0.29) is 5.69 Å². The second kappa shape index (κ2) is 5.49. The Hall–Kier alpha value is -2.40. The number of nitrogens with zero attached hydrogens (tertiary/aromatic N) is 1. The number of rotatable bonds is 4. The number of nitro benzene ring substituents is 1. The maximum absolute atomic E-state index is 10.7. The molecule has 2 N–H and O–H groups in total. The number of aryl methyl sites for hydroxylation is 1. The molecule has 0 aromatic heterocycles. The molecule has 0 fully saturated rings. The summed E-state index contributed by atoms with van der Waals surface area (Å²) in [5.74, 6) is 1.11. The maximum Gasteiger partial charge on any atom is 0.273 e. The standard InChI is InChI=1S/C14H14N2O3/c1-10-7-11(9-15)5-6-14(10)19-13-4-2-3-12(8-13)16(17)18/h2-8H,9,15H2,1H3. The summed E-state index contributed by atoms with van der Waals surface area (Å²) >= 11 is 0. The summed E-state index contributed by atoms with van der Waals surface area (Å²) in [6, 6.07) is 11.7. The second-order valence-electron chi connectivity index (χ2n) is 4.16. The molecule has 0 bridgehead atoms. The molecule has 0 saturated carbocycles. The van der Waals surface area contributed by atoms with Crippen molar-refractivity contribution in [3.05, 3.63) is 63.7 Å². The van der Waals surface area contributed by atoms with E-state index in [0.29, 0.717) is 18.0 Å². The number of hydrogen-bond donors (Lipinski definition) is 1. The number of hydrogen-bond acceptors (Lipinski definition) is 4. The lowest BCUT2D eigenvalue weighted by Gasteiger charge is -2.09. The Labute approximate surface area is 110 Å². The maximum atomic E-state index is 10.7. The molecule has 0 spiro atoms. The van der Waals surface area contributed by atoms with Crippen LogP contribution in [0.5, 0.6) is 11.5 Å². The number of nitrogens with two attached hydrogens (primary N) is 1. The fourth-order valence-electron chi connectivity index (χ4n) is 1.74. The Balaban J connectivity index is 2.26. The van der Waals surface area contributed by atoms with Gasteiger partial charge in [0.25, 0.3) is 5.69 Å². The zero-order chi connectivity index (χ0) is 13.8. The van der Waals surface area contributed by atoms with Crippen molar-refractivity contribution in [2.75, 3.05) is 0 Å². The first-order valence-corrected chi connectivity index (χ1v) is 5.82. The molecule has 2 aromatic carbocycles. The SMILES string of the molecule is Cc1cc(CN)ccc1Oc1cccc([N+](=O)[O-])c1. The van der Waals surface area contributed by atoms with Gasteiger partial charge in [0.2, 0.25) is 0 Å². The van der Waals surface area contributed by atoms with Gasteiger partial charge in [0.05, 0.1) is 11.0 Å². The molecule has 0 amide bonds. The zero-order valence-corrected chi connectivity index (χ0v) is 10.5. The monoisotopic (exact) mass is 258 g/mol. The second-order valence-corrected chi connectivity index (χ2v) is 4.16. The first kappa shape index (κ1) is 13.0. The van der Waals surface area contributed by atoms with Crippen LogP contribution in [0.1, 0.15) is 11.1 Å². The third-order valence-electron chi connectivity index (χ3n) is 2.73. The summed E-state index contributed by atoms with van der Waals surface area (Å²) in [5, 5.41) is 10.7. The van der Waals surface area contributed by atoms with E-state index in [4.69, 9.17) is 10.5 Å². The highest BCUT2D eigenvalue weighted by Gasteiger charge is 2.08. The molecule has 98 valence electrons. The van der Waals surface area contributed by atoms with Gasteiger partial charge in [-0.3, -0.25) is 10.1 Å². The average Bonchev–Trinajstić information content (AvgIpc) is 2.41. The quantitative estimate of drug-likeness (QED) is 0.675. The molecular formula is C14H14N2O3. The summed E-state index contributed by atoms with van der Waals surface area (Å²) in [7, 11) is 0. The van der Waals surface area contributed by atoms with Gasteiger partial charge in [-0.1, -0.05) is 18.2 Å². The normalized spacial score (nSPS) is 10.2. The number of nitro groups is 1. The minimum atomic E-state index is -0.447. The van der Waals surface area contributed by atoms with Crippen LogP contribution >= 0.6 is 0 Å². The number of benzene rings is 2. The summed E-state index contributed by atoms with van der Waals surface area (Å²) in [6.45, 7) is 2.38. The summed E-state index contributed by atoms with van der Waals surface area (Å²) in [5.41, 5.74) is 7.52. The Bertz CT molecular complexity index is 611. The zero-order valence-electron chi connectivity index (χ0n) is 10.5. The Morgan fingerprint density at radius 1 is 1.26 bits per heavy atom. The Kier molecular flexibility index (Phi) is 3.77. The van der Waals surface area contributed by atoms with Crippen LogP contribution in [0.25, 0.3) is 0 Å². The largest absolute Gasteiger partial charge is 0.457 e. The van der Waals surface area contributed by atoms with Gasteiger partial charge >= 0.3 is 0 Å². The topological polar surface area (TPSA) is 78.4 Å². The van der Waals surface area contributed by atoms with Crippen LogP contribution in [-0.4, -0.2) is 4.92 Å². The smallest absolute Gasteiger partial charge is 0.273 e. The molecule has 0 radical (unpaired) electrons. The molecule has 2 rings (SSSR count). The van der Waals surface area contributed by atoms with Gasteiger partial charge in [0, 0.05) is 12.6 Å². The van der Waals surface area contributed by atoms with Gasteiger partial charge in [-0.05, 0) is 30.2 Å². The lowest BCUT2D eigenvalue weighted by molar-refractivity contribution is -0.384. The predicted molar refractivity (Wildman–Crippen MR) is 72.2 cm³/mol. The van der Waals surface area contributed by atoms with Crippen LogP contribution in [-0.2, 0) is 6.54 Å². The van der Waals surface area contributed by atoms with E-state index in [2.05, 4.69) is 0 Å². The third kappa shape index (κ3) is 3.08. The van der Waals surface area contributed by atoms with E-state index in [9.17, 15) is 10.1 Å². The molecule has 5 heteroatoms. The highest BCUT2D eigenvalue weighted by molar-refractivity contribution is 5.43. The molecular weight excluding hydrogens is 244 g/mol. The van der Waals surface area contributed by atoms with E-state index in [1.54, 1.807) is 12.1 Å². The van der Waals surface area contributed by atoms with Gasteiger partial charge in [-0.25, -0.2) is 0 Å². The molecule has 19 heavy (non-hydrogen) atoms. The van der Waals surface area contributed by atoms with E-state index in [1.165, 1.54) is 12.1 Å². The van der Waals surface area contributed by atoms with Crippen molar-refractivity contribution >= 4 is 5.69 Å². The molecule has 0 aliphatic carbocycles. The van der Waals surface area contributed by atoms with Crippen molar-refractivity contribution in [3.63, 3.8) is 0 Å². The highest BCUT2D eigenvalue weighted by atomic mass is 16.6. The van der Waals surface area contributed by atoms with Crippen molar-refractivity contribution in [1.29, 1.82) is 0 Å². The lowest BCUT2D eigenvalue weighted by Crippen LogP contribution is -1.97. The van der Waals surface area contributed by atoms with Gasteiger partial charge in [-0.15, -0.1) is 0 Å². The summed E-state index contributed by atoms with van der Waals surface area (Å²) < 4.78 is 5.65. The third-order valence-corrected chi connectivity index (χ3v) is 2.73. The number of non-ortho nitro benzene ring substituents is 1. The Morgan fingerprint density at radius 3 is 2.68 bits per heavy atom. The van der Waals surface area contributed by atoms with Gasteiger partial charge in [0.1, 0.15) is 11.5 Å². The first-order valence-electron chi connectivity index (χ1n) is 5.82. The van der Waals surface area contributed by atoms with Crippen LogP contribution in [0.2, 0.25) is 0 Å². The van der Waals surface area contributed by atoms with E-state index in [0.717, 1.165) is 11.1 Å². The van der Waals surface area contributed by atoms with Crippen LogP contribution in [0.4, 0.5) is 5.69 Å². The highest BCUT2D eigenvalue weighted by Crippen LogP contribution is 2.28. The molecule has 0 saturated heterocycles. The van der Waals surface area contributed by atoms with Crippen LogP contribution in [0, 0.1) is 17.0 Å². The molecule has 0 aliphatic rings. The molecule has 5 nitrogen and oxygen atoms in total. The van der Waals surface area contributed by atoms with E-state index < -0.39 is 4.92 Å². The first-order chi connectivity index (χ1) is 9.10. The molecule has 2 aromatic rings. The van der Waals surface area contributed by atoms with Gasteiger partial charge < -0.3 is 10.5 Å². The van der Waals surface area contributed by atoms with Crippen molar-refractivity contribution in [2.45, 2.75) is 13.5 Å². The average molecular weight is 258 g/mol.